The number of aromatic amines is 1. The number of hydrogen-bond donors (Lipinski definition) is 4. The number of hydrogen-bond acceptors (Lipinski definition) is 8. The minimum atomic E-state index is -4.46. The van der Waals surface area contributed by atoms with Crippen LogP contribution in [0.5, 0.6) is 0 Å². The Hall–Kier alpha value is -3.79. The Morgan fingerprint density at radius 1 is 1.21 bits per heavy atom. The van der Waals surface area contributed by atoms with Crippen LogP contribution in [0.4, 0.5) is 13.2 Å². The summed E-state index contributed by atoms with van der Waals surface area (Å²) in [5, 5.41) is 26.1. The van der Waals surface area contributed by atoms with E-state index >= 15 is 0 Å². The van der Waals surface area contributed by atoms with E-state index in [2.05, 4.69) is 42.3 Å². The molecular formula is C22H19F3N6O3. The summed E-state index contributed by atoms with van der Waals surface area (Å²) in [6.45, 7) is 1.67. The van der Waals surface area contributed by atoms with Crippen molar-refractivity contribution in [2.24, 2.45) is 0 Å². The van der Waals surface area contributed by atoms with Crippen LogP contribution in [-0.2, 0) is 6.18 Å². The van der Waals surface area contributed by atoms with Gasteiger partial charge in [0.1, 0.15) is 23.9 Å². The van der Waals surface area contributed by atoms with Crippen molar-refractivity contribution in [1.29, 1.82) is 0 Å². The third kappa shape index (κ3) is 5.23. The van der Waals surface area contributed by atoms with Gasteiger partial charge in [0, 0.05) is 12.5 Å². The second-order valence-electron chi connectivity index (χ2n) is 7.32. The number of halogens is 3. The van der Waals surface area contributed by atoms with Crippen LogP contribution < -0.4 is 5.32 Å². The molecule has 4 rings (SSSR count). The van der Waals surface area contributed by atoms with E-state index in [1.165, 1.54) is 18.5 Å². The first kappa shape index (κ1) is 23.4. The summed E-state index contributed by atoms with van der Waals surface area (Å²) in [6.07, 6.45) is -4.05. The SMILES string of the molecule is C[C@@H](NC(O)c1cc(C#CCCO)ncn1)c1cc(-c2nc3ccc(C(F)(F)F)cc3[nH]2)no1. The smallest absolute Gasteiger partial charge is 0.395 e. The van der Waals surface area contributed by atoms with Crippen molar-refractivity contribution in [3.8, 4) is 23.4 Å². The minimum Gasteiger partial charge on any atom is -0.395 e. The molecule has 0 saturated carbocycles. The standard InChI is InChI=1S/C22H19F3N6O3/c1-12(28-21(33)18-9-14(26-11-27-18)4-2-3-7-32)19-10-17(31-34-19)20-29-15-6-5-13(22(23,24)25)8-16(15)30-20/h5-6,8-12,21,28,32-33H,3,7H2,1H3,(H,29,30)/t12-,21?/m1/s1. The highest BCUT2D eigenvalue weighted by atomic mass is 19.4. The van der Waals surface area contributed by atoms with Gasteiger partial charge >= 0.3 is 6.18 Å². The Bertz CT molecular complexity index is 1360. The Kier molecular flexibility index (Phi) is 6.60. The van der Waals surface area contributed by atoms with Gasteiger partial charge in [-0.15, -0.1) is 0 Å². The molecule has 176 valence electrons. The maximum atomic E-state index is 12.9. The maximum absolute atomic E-state index is 12.9. The van der Waals surface area contributed by atoms with Gasteiger partial charge in [-0.2, -0.15) is 13.2 Å². The molecule has 0 saturated heterocycles. The van der Waals surface area contributed by atoms with Gasteiger partial charge in [0.05, 0.1) is 34.9 Å². The topological polar surface area (TPSA) is 133 Å². The van der Waals surface area contributed by atoms with Crippen LogP contribution in [0.1, 0.15) is 48.3 Å². The lowest BCUT2D eigenvalue weighted by atomic mass is 10.2. The van der Waals surface area contributed by atoms with Crippen molar-refractivity contribution < 1.29 is 27.9 Å². The highest BCUT2D eigenvalue weighted by molar-refractivity contribution is 5.79. The molecule has 1 aromatic carbocycles. The normalized spacial score (nSPS) is 13.5. The lowest BCUT2D eigenvalue weighted by Gasteiger charge is -2.16. The molecule has 34 heavy (non-hydrogen) atoms. The number of fused-ring (bicyclic) bond motifs is 1. The summed E-state index contributed by atoms with van der Waals surface area (Å²) in [7, 11) is 0. The molecule has 3 aromatic heterocycles. The number of benzene rings is 1. The number of aromatic nitrogens is 5. The van der Waals surface area contributed by atoms with E-state index in [1.807, 2.05) is 0 Å². The Morgan fingerprint density at radius 3 is 2.79 bits per heavy atom. The number of nitrogens with zero attached hydrogens (tertiary/aromatic N) is 4. The van der Waals surface area contributed by atoms with Gasteiger partial charge in [-0.3, -0.25) is 5.32 Å². The zero-order valence-corrected chi connectivity index (χ0v) is 17.8. The molecule has 0 amide bonds. The number of nitrogens with one attached hydrogen (secondary N) is 2. The maximum Gasteiger partial charge on any atom is 0.416 e. The van der Waals surface area contributed by atoms with Crippen molar-refractivity contribution in [1.82, 2.24) is 30.4 Å². The van der Waals surface area contributed by atoms with Crippen LogP contribution in [0, 0.1) is 11.8 Å². The van der Waals surface area contributed by atoms with Crippen LogP contribution in [0.25, 0.3) is 22.6 Å². The van der Waals surface area contributed by atoms with E-state index in [4.69, 9.17) is 9.63 Å². The zero-order valence-electron chi connectivity index (χ0n) is 17.8. The summed E-state index contributed by atoms with van der Waals surface area (Å²) in [4.78, 5) is 15.1. The van der Waals surface area contributed by atoms with Gasteiger partial charge in [-0.25, -0.2) is 15.0 Å². The van der Waals surface area contributed by atoms with Gasteiger partial charge in [0.2, 0.25) is 0 Å². The molecule has 12 heteroatoms. The average molecular weight is 472 g/mol. The van der Waals surface area contributed by atoms with E-state index in [0.717, 1.165) is 12.1 Å². The molecule has 0 bridgehead atoms. The first-order chi connectivity index (χ1) is 16.2. The van der Waals surface area contributed by atoms with Gasteiger partial charge in [-0.1, -0.05) is 11.1 Å². The quantitative estimate of drug-likeness (QED) is 0.249. The number of H-pyrrole nitrogens is 1. The summed E-state index contributed by atoms with van der Waals surface area (Å²) in [5.74, 6) is 6.12. The lowest BCUT2D eigenvalue weighted by Crippen LogP contribution is -2.25. The second kappa shape index (κ2) is 9.60. The van der Waals surface area contributed by atoms with Crippen molar-refractivity contribution in [3.05, 3.63) is 59.4 Å². The van der Waals surface area contributed by atoms with Gasteiger partial charge in [-0.05, 0) is 37.1 Å². The lowest BCUT2D eigenvalue weighted by molar-refractivity contribution is -0.137. The molecule has 9 nitrogen and oxygen atoms in total. The van der Waals surface area contributed by atoms with E-state index in [0.29, 0.717) is 29.1 Å². The summed E-state index contributed by atoms with van der Waals surface area (Å²) in [5.41, 5.74) is 0.773. The number of imidazole rings is 1. The Morgan fingerprint density at radius 2 is 2.03 bits per heavy atom. The fourth-order valence-electron chi connectivity index (χ4n) is 3.12. The molecular weight excluding hydrogens is 453 g/mol. The van der Waals surface area contributed by atoms with Crippen LogP contribution in [0.15, 0.2) is 41.2 Å². The highest BCUT2D eigenvalue weighted by Gasteiger charge is 2.31. The number of alkyl halides is 3. The van der Waals surface area contributed by atoms with Crippen molar-refractivity contribution in [2.45, 2.75) is 31.8 Å². The molecule has 2 atom stereocenters. The summed E-state index contributed by atoms with van der Waals surface area (Å²) < 4.78 is 44.2. The summed E-state index contributed by atoms with van der Waals surface area (Å²) in [6, 6.07) is 5.81. The van der Waals surface area contributed by atoms with Gasteiger partial charge < -0.3 is 19.7 Å². The van der Waals surface area contributed by atoms with E-state index in [9.17, 15) is 18.3 Å². The minimum absolute atomic E-state index is 0.0611. The van der Waals surface area contributed by atoms with Crippen LogP contribution >= 0.6 is 0 Å². The molecule has 1 unspecified atom stereocenters. The van der Waals surface area contributed by atoms with E-state index in [1.54, 1.807) is 13.0 Å². The molecule has 0 aliphatic heterocycles. The fraction of sp³-hybridized carbons (Fsp3) is 0.273. The van der Waals surface area contributed by atoms with Crippen LogP contribution in [-0.4, -0.2) is 41.9 Å². The molecule has 0 fully saturated rings. The molecule has 0 aliphatic carbocycles. The first-order valence-corrected chi connectivity index (χ1v) is 10.1. The third-order valence-corrected chi connectivity index (χ3v) is 4.84. The zero-order chi connectivity index (χ0) is 24.3. The number of aliphatic hydroxyl groups is 2. The van der Waals surface area contributed by atoms with E-state index in [-0.39, 0.29) is 23.6 Å². The fourth-order valence-corrected chi connectivity index (χ4v) is 3.12. The van der Waals surface area contributed by atoms with Crippen LogP contribution in [0.2, 0.25) is 0 Å². The van der Waals surface area contributed by atoms with Gasteiger partial charge in [0.25, 0.3) is 0 Å². The Balaban J connectivity index is 1.48. The van der Waals surface area contributed by atoms with E-state index < -0.39 is 24.0 Å². The molecule has 0 aliphatic rings. The molecule has 3 heterocycles. The number of rotatable bonds is 6. The predicted octanol–water partition coefficient (Wildman–Crippen LogP) is 3.10. The van der Waals surface area contributed by atoms with Crippen molar-refractivity contribution >= 4 is 11.0 Å². The van der Waals surface area contributed by atoms with Crippen molar-refractivity contribution in [2.75, 3.05) is 6.61 Å². The van der Waals surface area contributed by atoms with Crippen molar-refractivity contribution in [3.63, 3.8) is 0 Å². The molecule has 0 radical (unpaired) electrons. The molecule has 0 spiro atoms. The summed E-state index contributed by atoms with van der Waals surface area (Å²) >= 11 is 0. The third-order valence-electron chi connectivity index (χ3n) is 4.84. The average Bonchev–Trinajstić information content (AvgIpc) is 3.45. The molecule has 4 N–H and O–H groups in total. The number of aliphatic hydroxyl groups excluding tert-OH is 2. The Labute approximate surface area is 191 Å². The van der Waals surface area contributed by atoms with Gasteiger partial charge in [0.15, 0.2) is 11.6 Å². The largest absolute Gasteiger partial charge is 0.416 e. The predicted molar refractivity (Wildman–Crippen MR) is 114 cm³/mol. The first-order valence-electron chi connectivity index (χ1n) is 10.1. The monoisotopic (exact) mass is 472 g/mol. The highest BCUT2D eigenvalue weighted by Crippen LogP contribution is 2.32. The van der Waals surface area contributed by atoms with Crippen LogP contribution in [0.3, 0.4) is 0 Å². The molecule has 4 aromatic rings. The second-order valence-corrected chi connectivity index (χ2v) is 7.32.